The van der Waals surface area contributed by atoms with E-state index in [1.165, 1.54) is 30.1 Å². The number of benzene rings is 1. The summed E-state index contributed by atoms with van der Waals surface area (Å²) in [6.07, 6.45) is 1.03. The van der Waals surface area contributed by atoms with E-state index in [9.17, 15) is 17.6 Å². The fraction of sp³-hybridized carbons (Fsp3) is 0.364. The molecule has 0 radical (unpaired) electrons. The molecular formula is C11H14BrFN2O3S. The summed E-state index contributed by atoms with van der Waals surface area (Å²) in [5.41, 5.74) is -0.0590. The first-order valence-corrected chi connectivity index (χ1v) is 8.04. The molecule has 5 nitrogen and oxygen atoms in total. The maximum absolute atomic E-state index is 13.5. The highest BCUT2D eigenvalue weighted by molar-refractivity contribution is 9.10. The lowest BCUT2D eigenvalue weighted by Gasteiger charge is -2.17. The van der Waals surface area contributed by atoms with Gasteiger partial charge >= 0.3 is 0 Å². The van der Waals surface area contributed by atoms with Crippen LogP contribution in [0.2, 0.25) is 0 Å². The van der Waals surface area contributed by atoms with E-state index in [2.05, 4.69) is 20.7 Å². The van der Waals surface area contributed by atoms with E-state index in [0.717, 1.165) is 6.26 Å². The number of rotatable bonds is 5. The van der Waals surface area contributed by atoms with Crippen molar-refractivity contribution in [2.75, 3.05) is 26.4 Å². The van der Waals surface area contributed by atoms with Crippen LogP contribution in [0.5, 0.6) is 0 Å². The predicted octanol–water partition coefficient (Wildman–Crippen LogP) is 1.21. The first kappa shape index (κ1) is 16.1. The van der Waals surface area contributed by atoms with Gasteiger partial charge in [0.2, 0.25) is 10.0 Å². The molecule has 0 fully saturated rings. The van der Waals surface area contributed by atoms with E-state index in [-0.39, 0.29) is 18.7 Å². The van der Waals surface area contributed by atoms with E-state index >= 15 is 0 Å². The maximum atomic E-state index is 13.5. The van der Waals surface area contributed by atoms with Gasteiger partial charge in [0.15, 0.2) is 0 Å². The van der Waals surface area contributed by atoms with Crippen molar-refractivity contribution in [2.24, 2.45) is 0 Å². The summed E-state index contributed by atoms with van der Waals surface area (Å²) in [5.74, 6) is -1.12. The number of likely N-dealkylation sites (N-methyl/N-ethyl adjacent to an activating group) is 1. The summed E-state index contributed by atoms with van der Waals surface area (Å²) in [5, 5.41) is 0. The van der Waals surface area contributed by atoms with Crippen LogP contribution in [0, 0.1) is 5.82 Å². The van der Waals surface area contributed by atoms with Crippen molar-refractivity contribution in [1.82, 2.24) is 9.62 Å². The van der Waals surface area contributed by atoms with Gasteiger partial charge in [-0.3, -0.25) is 4.79 Å². The van der Waals surface area contributed by atoms with Crippen LogP contribution in [-0.2, 0) is 10.0 Å². The van der Waals surface area contributed by atoms with Gasteiger partial charge in [-0.1, -0.05) is 15.9 Å². The summed E-state index contributed by atoms with van der Waals surface area (Å²) in [6.45, 7) is 0.231. The van der Waals surface area contributed by atoms with Crippen LogP contribution in [0.25, 0.3) is 0 Å². The molecule has 0 unspecified atom stereocenters. The molecule has 0 atom stereocenters. The van der Waals surface area contributed by atoms with Crippen molar-refractivity contribution in [3.63, 3.8) is 0 Å². The quantitative estimate of drug-likeness (QED) is 0.865. The third kappa shape index (κ3) is 5.25. The number of hydrogen-bond donors (Lipinski definition) is 1. The Morgan fingerprint density at radius 2 is 2.11 bits per heavy atom. The van der Waals surface area contributed by atoms with Gasteiger partial charge in [-0.05, 0) is 18.2 Å². The molecule has 8 heteroatoms. The monoisotopic (exact) mass is 352 g/mol. The first-order chi connectivity index (χ1) is 8.70. The minimum Gasteiger partial charge on any atom is -0.340 e. The molecule has 0 heterocycles. The van der Waals surface area contributed by atoms with Crippen LogP contribution in [0.3, 0.4) is 0 Å². The Hall–Kier alpha value is -0.990. The number of carbonyl (C=O) groups excluding carboxylic acids is 1. The number of halogens is 2. The first-order valence-electron chi connectivity index (χ1n) is 5.36. The number of hydrogen-bond acceptors (Lipinski definition) is 3. The van der Waals surface area contributed by atoms with Crippen molar-refractivity contribution in [3.05, 3.63) is 34.1 Å². The lowest BCUT2D eigenvalue weighted by Crippen LogP contribution is -2.36. The van der Waals surface area contributed by atoms with Crippen molar-refractivity contribution >= 4 is 31.9 Å². The molecule has 19 heavy (non-hydrogen) atoms. The summed E-state index contributed by atoms with van der Waals surface area (Å²) >= 11 is 3.16. The predicted molar refractivity (Wildman–Crippen MR) is 73.9 cm³/mol. The van der Waals surface area contributed by atoms with Gasteiger partial charge in [0.05, 0.1) is 11.8 Å². The van der Waals surface area contributed by atoms with E-state index in [4.69, 9.17) is 0 Å². The van der Waals surface area contributed by atoms with E-state index in [1.807, 2.05) is 0 Å². The van der Waals surface area contributed by atoms with E-state index in [1.54, 1.807) is 0 Å². The highest BCUT2D eigenvalue weighted by Gasteiger charge is 2.16. The Morgan fingerprint density at radius 1 is 1.47 bits per heavy atom. The van der Waals surface area contributed by atoms with Gasteiger partial charge in [-0.2, -0.15) is 0 Å². The Morgan fingerprint density at radius 3 is 2.68 bits per heavy atom. The van der Waals surface area contributed by atoms with Crippen molar-refractivity contribution in [1.29, 1.82) is 0 Å². The second-order valence-electron chi connectivity index (χ2n) is 4.02. The highest BCUT2D eigenvalue weighted by Crippen LogP contribution is 2.16. The smallest absolute Gasteiger partial charge is 0.256 e. The van der Waals surface area contributed by atoms with Gasteiger partial charge < -0.3 is 4.90 Å². The van der Waals surface area contributed by atoms with Gasteiger partial charge in [0.1, 0.15) is 5.82 Å². The molecule has 0 saturated carbocycles. The zero-order chi connectivity index (χ0) is 14.6. The fourth-order valence-corrected chi connectivity index (χ4v) is 2.19. The maximum Gasteiger partial charge on any atom is 0.256 e. The summed E-state index contributed by atoms with van der Waals surface area (Å²) < 4.78 is 38.1. The lowest BCUT2D eigenvalue weighted by molar-refractivity contribution is 0.0793. The molecule has 0 spiro atoms. The molecule has 0 aliphatic carbocycles. The molecule has 1 aromatic rings. The average Bonchev–Trinajstić information content (AvgIpc) is 2.29. The number of nitrogens with one attached hydrogen (secondary N) is 1. The molecule has 0 aliphatic heterocycles. The second kappa shape index (κ2) is 6.44. The zero-order valence-corrected chi connectivity index (χ0v) is 12.9. The van der Waals surface area contributed by atoms with Crippen molar-refractivity contribution in [2.45, 2.75) is 0 Å². The molecule has 106 valence electrons. The van der Waals surface area contributed by atoms with Crippen LogP contribution in [0.4, 0.5) is 4.39 Å². The Balaban J connectivity index is 2.69. The van der Waals surface area contributed by atoms with Gasteiger partial charge in [-0.15, -0.1) is 0 Å². The molecule has 0 aliphatic rings. The van der Waals surface area contributed by atoms with E-state index in [0.29, 0.717) is 4.47 Å². The van der Waals surface area contributed by atoms with Crippen LogP contribution < -0.4 is 4.72 Å². The largest absolute Gasteiger partial charge is 0.340 e. The zero-order valence-electron chi connectivity index (χ0n) is 10.5. The van der Waals surface area contributed by atoms with Crippen LogP contribution >= 0.6 is 15.9 Å². The van der Waals surface area contributed by atoms with Gasteiger partial charge in [0, 0.05) is 24.6 Å². The van der Waals surface area contributed by atoms with Crippen LogP contribution in [0.1, 0.15) is 10.4 Å². The number of nitrogens with zero attached hydrogens (tertiary/aromatic N) is 1. The minimum atomic E-state index is -3.29. The van der Waals surface area contributed by atoms with Gasteiger partial charge in [-0.25, -0.2) is 17.5 Å². The van der Waals surface area contributed by atoms with Crippen molar-refractivity contribution < 1.29 is 17.6 Å². The molecule has 0 saturated heterocycles. The average molecular weight is 353 g/mol. The third-order valence-electron chi connectivity index (χ3n) is 2.32. The molecular weight excluding hydrogens is 339 g/mol. The molecule has 1 N–H and O–H groups in total. The summed E-state index contributed by atoms with van der Waals surface area (Å²) in [7, 11) is -1.82. The Kier molecular flexibility index (Phi) is 5.45. The SMILES string of the molecule is CN(CCNS(C)(=O)=O)C(=O)c1cc(Br)ccc1F. The number of amides is 1. The summed E-state index contributed by atoms with van der Waals surface area (Å²) in [6, 6.07) is 4.08. The fourth-order valence-electron chi connectivity index (χ4n) is 1.37. The molecule has 1 amide bonds. The highest BCUT2D eigenvalue weighted by atomic mass is 79.9. The number of sulfonamides is 1. The van der Waals surface area contributed by atoms with Gasteiger partial charge in [0.25, 0.3) is 5.91 Å². The lowest BCUT2D eigenvalue weighted by atomic mass is 10.2. The van der Waals surface area contributed by atoms with E-state index < -0.39 is 21.7 Å². The summed E-state index contributed by atoms with van der Waals surface area (Å²) in [4.78, 5) is 13.2. The molecule has 0 bridgehead atoms. The van der Waals surface area contributed by atoms with Crippen molar-refractivity contribution in [3.8, 4) is 0 Å². The minimum absolute atomic E-state index is 0.0590. The van der Waals surface area contributed by atoms with Crippen LogP contribution in [-0.4, -0.2) is 45.6 Å². The van der Waals surface area contributed by atoms with Crippen LogP contribution in [0.15, 0.2) is 22.7 Å². The molecule has 0 aromatic heterocycles. The second-order valence-corrected chi connectivity index (χ2v) is 6.77. The molecule has 1 aromatic carbocycles. The normalized spacial score (nSPS) is 11.4. The third-order valence-corrected chi connectivity index (χ3v) is 3.54. The number of carbonyl (C=O) groups is 1. The standard InChI is InChI=1S/C11H14BrFN2O3S/c1-15(6-5-14-19(2,17)18)11(16)9-7-8(12)3-4-10(9)13/h3-4,7,14H,5-6H2,1-2H3. The topological polar surface area (TPSA) is 66.5 Å². The Labute approximate surface area is 120 Å². The Bertz CT molecular complexity index is 577. The molecule has 1 rings (SSSR count).